The molecule has 110 valence electrons. The second kappa shape index (κ2) is 6.41. The van der Waals surface area contributed by atoms with Crippen LogP contribution in [0.2, 0.25) is 0 Å². The Labute approximate surface area is 119 Å². The van der Waals surface area contributed by atoms with E-state index in [4.69, 9.17) is 9.47 Å². The smallest absolute Gasteiger partial charge is 0.408 e. The van der Waals surface area contributed by atoms with E-state index in [1.54, 1.807) is 39.8 Å². The van der Waals surface area contributed by atoms with Gasteiger partial charge in [0.1, 0.15) is 17.4 Å². The molecule has 0 heterocycles. The highest BCUT2D eigenvalue weighted by Crippen LogP contribution is 2.16. The van der Waals surface area contributed by atoms with Gasteiger partial charge in [-0.2, -0.15) is 0 Å². The molecule has 0 aliphatic heterocycles. The van der Waals surface area contributed by atoms with E-state index in [-0.39, 0.29) is 0 Å². The Hall–Kier alpha value is -2.04. The first-order chi connectivity index (χ1) is 9.19. The largest absolute Gasteiger partial charge is 0.444 e. The van der Waals surface area contributed by atoms with Crippen LogP contribution in [0.1, 0.15) is 33.3 Å². The predicted molar refractivity (Wildman–Crippen MR) is 75.6 cm³/mol. The van der Waals surface area contributed by atoms with Gasteiger partial charge in [0.25, 0.3) is 0 Å². The van der Waals surface area contributed by atoms with E-state index >= 15 is 0 Å². The van der Waals surface area contributed by atoms with Crippen molar-refractivity contribution in [3.8, 4) is 5.75 Å². The minimum Gasteiger partial charge on any atom is -0.444 e. The highest BCUT2D eigenvalue weighted by molar-refractivity contribution is 5.82. The van der Waals surface area contributed by atoms with Crippen LogP contribution in [0.25, 0.3) is 0 Å². The molecule has 1 rings (SSSR count). The third kappa shape index (κ3) is 5.30. The quantitative estimate of drug-likeness (QED) is 0.682. The van der Waals surface area contributed by atoms with E-state index in [0.29, 0.717) is 5.75 Å². The molecule has 0 fully saturated rings. The van der Waals surface area contributed by atoms with Crippen molar-refractivity contribution in [1.82, 2.24) is 5.32 Å². The molecule has 5 heteroatoms. The van der Waals surface area contributed by atoms with Gasteiger partial charge in [-0.15, -0.1) is 0 Å². The number of alkyl carbamates (subject to hydrolysis) is 1. The average molecular weight is 279 g/mol. The maximum absolute atomic E-state index is 11.9. The number of aryl methyl sites for hydroxylation is 1. The summed E-state index contributed by atoms with van der Waals surface area (Å²) in [4.78, 5) is 23.4. The van der Waals surface area contributed by atoms with Crippen LogP contribution in [0.5, 0.6) is 5.75 Å². The van der Waals surface area contributed by atoms with Gasteiger partial charge in [-0.1, -0.05) is 18.2 Å². The zero-order valence-corrected chi connectivity index (χ0v) is 12.5. The van der Waals surface area contributed by atoms with Crippen LogP contribution < -0.4 is 10.1 Å². The topological polar surface area (TPSA) is 64.6 Å². The molecule has 5 nitrogen and oxygen atoms in total. The van der Waals surface area contributed by atoms with Crippen LogP contribution in [0.4, 0.5) is 4.79 Å². The van der Waals surface area contributed by atoms with E-state index in [1.807, 2.05) is 19.1 Å². The van der Waals surface area contributed by atoms with Gasteiger partial charge in [0.2, 0.25) is 0 Å². The van der Waals surface area contributed by atoms with Crippen molar-refractivity contribution in [3.05, 3.63) is 29.8 Å². The molecule has 0 saturated carbocycles. The summed E-state index contributed by atoms with van der Waals surface area (Å²) < 4.78 is 10.3. The third-order valence-corrected chi connectivity index (χ3v) is 2.39. The summed E-state index contributed by atoms with van der Waals surface area (Å²) in [5.74, 6) is -0.0551. The zero-order chi connectivity index (χ0) is 15.3. The number of hydrogen-bond acceptors (Lipinski definition) is 4. The normalized spacial score (nSPS) is 12.4. The molecule has 0 spiro atoms. The first kappa shape index (κ1) is 16.0. The van der Waals surface area contributed by atoms with Gasteiger partial charge in [-0.3, -0.25) is 0 Å². The lowest BCUT2D eigenvalue weighted by molar-refractivity contribution is -0.136. The standard InChI is InChI=1S/C15H21NO4/c1-10-8-6-7-9-12(10)19-13(17)11(2)16-14(18)20-15(3,4)5/h6-9,11H,1-5H3,(H,16,18). The van der Waals surface area contributed by atoms with Gasteiger partial charge >= 0.3 is 12.1 Å². The Balaban J connectivity index is 2.56. The molecule has 0 aromatic heterocycles. The maximum atomic E-state index is 11.9. The molecule has 0 bridgehead atoms. The second-order valence-corrected chi connectivity index (χ2v) is 5.55. The van der Waals surface area contributed by atoms with Crippen LogP contribution in [0, 0.1) is 6.92 Å². The average Bonchev–Trinajstić information content (AvgIpc) is 2.29. The Morgan fingerprint density at radius 1 is 1.20 bits per heavy atom. The first-order valence-electron chi connectivity index (χ1n) is 6.46. The Morgan fingerprint density at radius 3 is 2.35 bits per heavy atom. The lowest BCUT2D eigenvalue weighted by Gasteiger charge is -2.21. The van der Waals surface area contributed by atoms with Crippen molar-refractivity contribution in [2.24, 2.45) is 0 Å². The number of carbonyl (C=O) groups excluding carboxylic acids is 2. The van der Waals surface area contributed by atoms with Crippen LogP contribution in [0.3, 0.4) is 0 Å². The molecule has 1 atom stereocenters. The van der Waals surface area contributed by atoms with E-state index in [2.05, 4.69) is 5.32 Å². The second-order valence-electron chi connectivity index (χ2n) is 5.55. The number of ether oxygens (including phenoxy) is 2. The number of carbonyl (C=O) groups is 2. The van der Waals surface area contributed by atoms with Crippen LogP contribution in [0.15, 0.2) is 24.3 Å². The van der Waals surface area contributed by atoms with Crippen LogP contribution >= 0.6 is 0 Å². The van der Waals surface area contributed by atoms with E-state index in [9.17, 15) is 9.59 Å². The third-order valence-electron chi connectivity index (χ3n) is 2.39. The summed E-state index contributed by atoms with van der Waals surface area (Å²) in [6, 6.07) is 6.39. The summed E-state index contributed by atoms with van der Waals surface area (Å²) in [7, 11) is 0. The van der Waals surface area contributed by atoms with Crippen molar-refractivity contribution in [1.29, 1.82) is 0 Å². The van der Waals surface area contributed by atoms with Gasteiger partial charge in [0.05, 0.1) is 0 Å². The van der Waals surface area contributed by atoms with Crippen LogP contribution in [-0.2, 0) is 9.53 Å². The molecule has 1 aromatic rings. The molecule has 0 aliphatic rings. The maximum Gasteiger partial charge on any atom is 0.408 e. The van der Waals surface area contributed by atoms with Crippen LogP contribution in [-0.4, -0.2) is 23.7 Å². The van der Waals surface area contributed by atoms with Crippen molar-refractivity contribution in [2.45, 2.75) is 46.3 Å². The molecular formula is C15H21NO4. The Kier molecular flexibility index (Phi) is 5.13. The molecular weight excluding hydrogens is 258 g/mol. The van der Waals surface area contributed by atoms with Gasteiger partial charge in [-0.25, -0.2) is 9.59 Å². The number of para-hydroxylation sites is 1. The van der Waals surface area contributed by atoms with Crippen molar-refractivity contribution in [3.63, 3.8) is 0 Å². The van der Waals surface area contributed by atoms with E-state index < -0.39 is 23.7 Å². The molecule has 1 N–H and O–H groups in total. The summed E-state index contributed by atoms with van der Waals surface area (Å²) in [5, 5.41) is 2.44. The monoisotopic (exact) mass is 279 g/mol. The lowest BCUT2D eigenvalue weighted by atomic mass is 10.2. The first-order valence-corrected chi connectivity index (χ1v) is 6.46. The van der Waals surface area contributed by atoms with Gasteiger partial charge in [0.15, 0.2) is 0 Å². The Bertz CT molecular complexity index is 491. The predicted octanol–water partition coefficient (Wildman–Crippen LogP) is 2.81. The molecule has 0 aliphatic carbocycles. The molecule has 1 unspecified atom stereocenters. The number of hydrogen-bond donors (Lipinski definition) is 1. The fraction of sp³-hybridized carbons (Fsp3) is 0.467. The fourth-order valence-corrected chi connectivity index (χ4v) is 1.41. The van der Waals surface area contributed by atoms with E-state index in [0.717, 1.165) is 5.56 Å². The molecule has 1 aromatic carbocycles. The summed E-state index contributed by atoms with van der Waals surface area (Å²) >= 11 is 0. The SMILES string of the molecule is Cc1ccccc1OC(=O)C(C)NC(=O)OC(C)(C)C. The van der Waals surface area contributed by atoms with Gasteiger partial charge in [0, 0.05) is 0 Å². The van der Waals surface area contributed by atoms with Gasteiger partial charge in [-0.05, 0) is 46.2 Å². The summed E-state index contributed by atoms with van der Waals surface area (Å²) in [5.41, 5.74) is 0.245. The summed E-state index contributed by atoms with van der Waals surface area (Å²) in [6.45, 7) is 8.65. The van der Waals surface area contributed by atoms with Crippen molar-refractivity contribution < 1.29 is 19.1 Å². The number of esters is 1. The lowest BCUT2D eigenvalue weighted by Crippen LogP contribution is -2.43. The molecule has 0 radical (unpaired) electrons. The highest BCUT2D eigenvalue weighted by Gasteiger charge is 2.22. The number of rotatable bonds is 3. The number of benzene rings is 1. The minimum atomic E-state index is -0.788. The molecule has 1 amide bonds. The number of nitrogens with one attached hydrogen (secondary N) is 1. The zero-order valence-electron chi connectivity index (χ0n) is 12.5. The highest BCUT2D eigenvalue weighted by atomic mass is 16.6. The van der Waals surface area contributed by atoms with E-state index in [1.165, 1.54) is 0 Å². The number of amides is 1. The molecule has 0 saturated heterocycles. The summed E-state index contributed by atoms with van der Waals surface area (Å²) in [6.07, 6.45) is -0.647. The Morgan fingerprint density at radius 2 is 1.80 bits per heavy atom. The van der Waals surface area contributed by atoms with Crippen molar-refractivity contribution >= 4 is 12.1 Å². The fourth-order valence-electron chi connectivity index (χ4n) is 1.41. The minimum absolute atomic E-state index is 0.482. The van der Waals surface area contributed by atoms with Gasteiger partial charge < -0.3 is 14.8 Å². The molecule has 20 heavy (non-hydrogen) atoms. The van der Waals surface area contributed by atoms with Crippen molar-refractivity contribution in [2.75, 3.05) is 0 Å².